The third kappa shape index (κ3) is 3.09. The lowest BCUT2D eigenvalue weighted by Gasteiger charge is -2.19. The Bertz CT molecular complexity index is 726. The molecule has 0 bridgehead atoms. The molecule has 2 heterocycles. The summed E-state index contributed by atoms with van der Waals surface area (Å²) in [5.74, 6) is -0.270. The van der Waals surface area contributed by atoms with Gasteiger partial charge in [0.1, 0.15) is 11.3 Å². The van der Waals surface area contributed by atoms with E-state index in [-0.39, 0.29) is 24.0 Å². The lowest BCUT2D eigenvalue weighted by Crippen LogP contribution is -2.47. The number of furan rings is 1. The van der Waals surface area contributed by atoms with Crippen molar-refractivity contribution in [2.45, 2.75) is 24.1 Å². The number of carbonyl (C=O) groups excluding carboxylic acids is 2. The van der Waals surface area contributed by atoms with Crippen LogP contribution in [0.2, 0.25) is 0 Å². The number of ether oxygens (including phenoxy) is 1. The average molecular weight is 345 g/mol. The Morgan fingerprint density at radius 2 is 2.00 bits per heavy atom. The van der Waals surface area contributed by atoms with E-state index in [4.69, 9.17) is 9.15 Å². The van der Waals surface area contributed by atoms with Crippen molar-refractivity contribution < 1.29 is 27.2 Å². The number of hydrogen-bond donors (Lipinski definition) is 1. The van der Waals surface area contributed by atoms with Gasteiger partial charge in [-0.1, -0.05) is 0 Å². The maximum absolute atomic E-state index is 12.3. The summed E-state index contributed by atoms with van der Waals surface area (Å²) < 4.78 is 35.1. The van der Waals surface area contributed by atoms with Crippen molar-refractivity contribution in [3.63, 3.8) is 0 Å². The van der Waals surface area contributed by atoms with Crippen LogP contribution in [0, 0.1) is 0 Å². The van der Waals surface area contributed by atoms with Gasteiger partial charge in [-0.2, -0.15) is 0 Å². The van der Waals surface area contributed by atoms with Crippen LogP contribution in [0.3, 0.4) is 0 Å². The quantitative estimate of drug-likeness (QED) is 0.726. The van der Waals surface area contributed by atoms with Crippen LogP contribution in [-0.2, 0) is 26.1 Å². The molecule has 1 fully saturated rings. The van der Waals surface area contributed by atoms with Crippen LogP contribution in [0.1, 0.15) is 12.7 Å². The molecule has 0 aromatic carbocycles. The van der Waals surface area contributed by atoms with Crippen LogP contribution < -0.4 is 5.32 Å². The molecule has 0 radical (unpaired) electrons. The molecular weight excluding hydrogens is 326 g/mol. The van der Waals surface area contributed by atoms with Gasteiger partial charge in [0.15, 0.2) is 0 Å². The molecule has 23 heavy (non-hydrogen) atoms. The molecule has 0 aliphatic carbocycles. The Labute approximate surface area is 134 Å². The molecule has 0 spiro atoms. The van der Waals surface area contributed by atoms with Crippen molar-refractivity contribution >= 4 is 22.0 Å². The second-order valence-electron chi connectivity index (χ2n) is 5.59. The normalized spacial score (nSPS) is 22.0. The van der Waals surface area contributed by atoms with Gasteiger partial charge in [0, 0.05) is 21.2 Å². The molecular formula is C13H19N3O6S. The fraction of sp³-hybridized carbons (Fsp3) is 0.538. The van der Waals surface area contributed by atoms with Crippen molar-refractivity contribution in [1.29, 1.82) is 0 Å². The molecule has 10 heteroatoms. The maximum atomic E-state index is 12.3. The van der Waals surface area contributed by atoms with Crippen LogP contribution >= 0.6 is 0 Å². The Morgan fingerprint density at radius 1 is 1.35 bits per heavy atom. The highest BCUT2D eigenvalue weighted by Crippen LogP contribution is 2.23. The van der Waals surface area contributed by atoms with Gasteiger partial charge in [-0.3, -0.25) is 9.69 Å². The Morgan fingerprint density at radius 3 is 2.57 bits per heavy atom. The molecule has 128 valence electrons. The number of amides is 3. The third-order valence-electron chi connectivity index (χ3n) is 3.46. The first kappa shape index (κ1) is 17.4. The number of hydrogen-bond acceptors (Lipinski definition) is 6. The topological polar surface area (TPSA) is 109 Å². The molecule has 0 saturated carbocycles. The second-order valence-corrected chi connectivity index (χ2v) is 7.68. The number of nitrogens with one attached hydrogen (secondary N) is 1. The van der Waals surface area contributed by atoms with Gasteiger partial charge in [0.25, 0.3) is 15.9 Å². The lowest BCUT2D eigenvalue weighted by molar-refractivity contribution is -0.133. The van der Waals surface area contributed by atoms with E-state index in [0.29, 0.717) is 0 Å². The largest absolute Gasteiger partial charge is 0.446 e. The highest BCUT2D eigenvalue weighted by Gasteiger charge is 2.48. The molecule has 0 unspecified atom stereocenters. The highest BCUT2D eigenvalue weighted by molar-refractivity contribution is 7.88. The molecule has 1 aliphatic rings. The van der Waals surface area contributed by atoms with E-state index in [1.54, 1.807) is 6.92 Å². The van der Waals surface area contributed by atoms with E-state index in [0.717, 1.165) is 9.21 Å². The Kier molecular flexibility index (Phi) is 4.51. The van der Waals surface area contributed by atoms with Crippen molar-refractivity contribution in [2.75, 3.05) is 27.8 Å². The number of imide groups is 1. The van der Waals surface area contributed by atoms with Crippen LogP contribution in [-0.4, -0.2) is 62.9 Å². The SMILES string of the molecule is COC[C@@]1(C)NC(=O)N(Cc2ccc(S(=O)(=O)N(C)C)o2)C1=O. The van der Waals surface area contributed by atoms with E-state index in [2.05, 4.69) is 5.32 Å². The van der Waals surface area contributed by atoms with Gasteiger partial charge in [-0.05, 0) is 19.1 Å². The van der Waals surface area contributed by atoms with Crippen molar-refractivity contribution in [1.82, 2.24) is 14.5 Å². The fourth-order valence-corrected chi connectivity index (χ4v) is 3.01. The summed E-state index contributed by atoms with van der Waals surface area (Å²) in [7, 11) is 0.484. The first-order valence-corrected chi connectivity index (χ1v) is 8.20. The number of rotatable bonds is 6. The zero-order valence-electron chi connectivity index (χ0n) is 13.3. The Hall–Kier alpha value is -1.91. The maximum Gasteiger partial charge on any atom is 0.325 e. The summed E-state index contributed by atoms with van der Waals surface area (Å²) in [5.41, 5.74) is -1.14. The van der Waals surface area contributed by atoms with Gasteiger partial charge in [-0.15, -0.1) is 0 Å². The smallest absolute Gasteiger partial charge is 0.325 e. The van der Waals surface area contributed by atoms with Gasteiger partial charge in [-0.25, -0.2) is 17.5 Å². The first-order valence-electron chi connectivity index (χ1n) is 6.76. The van der Waals surface area contributed by atoms with Crippen molar-refractivity contribution in [2.24, 2.45) is 0 Å². The molecule has 1 aromatic heterocycles. The standard InChI is InChI=1S/C13H19N3O6S/c1-13(8-21-4)11(17)16(12(18)14-13)7-9-5-6-10(22-9)23(19,20)15(2)3/h5-6H,7-8H2,1-4H3,(H,14,18)/t13-/m1/s1. The first-order chi connectivity index (χ1) is 10.6. The van der Waals surface area contributed by atoms with Crippen LogP contribution in [0.15, 0.2) is 21.6 Å². The van der Waals surface area contributed by atoms with Crippen LogP contribution in [0.5, 0.6) is 0 Å². The molecule has 1 aliphatic heterocycles. The second kappa shape index (κ2) is 5.95. The molecule has 1 N–H and O–H groups in total. The monoisotopic (exact) mass is 345 g/mol. The van der Waals surface area contributed by atoms with E-state index in [1.807, 2.05) is 0 Å². The van der Waals surface area contributed by atoms with E-state index >= 15 is 0 Å². The number of carbonyl (C=O) groups is 2. The summed E-state index contributed by atoms with van der Waals surface area (Å²) in [6, 6.07) is 2.13. The van der Waals surface area contributed by atoms with Crippen LogP contribution in [0.4, 0.5) is 4.79 Å². The van der Waals surface area contributed by atoms with Crippen LogP contribution in [0.25, 0.3) is 0 Å². The summed E-state index contributed by atoms with van der Waals surface area (Å²) in [6.07, 6.45) is 0. The van der Waals surface area contributed by atoms with Gasteiger partial charge in [0.2, 0.25) is 5.09 Å². The number of nitrogens with zero attached hydrogens (tertiary/aromatic N) is 2. The zero-order valence-corrected chi connectivity index (χ0v) is 14.1. The minimum atomic E-state index is -3.71. The minimum Gasteiger partial charge on any atom is -0.446 e. The summed E-state index contributed by atoms with van der Waals surface area (Å²) in [6.45, 7) is 1.43. The van der Waals surface area contributed by atoms with E-state index < -0.39 is 27.5 Å². The molecule has 9 nitrogen and oxygen atoms in total. The predicted octanol–water partition coefficient (Wildman–Crippen LogP) is -0.0132. The number of methoxy groups -OCH3 is 1. The molecule has 1 aromatic rings. The molecule has 2 rings (SSSR count). The van der Waals surface area contributed by atoms with Gasteiger partial charge in [0.05, 0.1) is 13.2 Å². The lowest BCUT2D eigenvalue weighted by atomic mass is 10.0. The molecule has 1 saturated heterocycles. The number of sulfonamides is 1. The zero-order chi connectivity index (χ0) is 17.4. The minimum absolute atomic E-state index is 0.0342. The average Bonchev–Trinajstić information content (AvgIpc) is 2.99. The van der Waals surface area contributed by atoms with Gasteiger partial charge < -0.3 is 14.5 Å². The van der Waals surface area contributed by atoms with E-state index in [9.17, 15) is 18.0 Å². The highest BCUT2D eigenvalue weighted by atomic mass is 32.2. The van der Waals surface area contributed by atoms with Crippen molar-refractivity contribution in [3.8, 4) is 0 Å². The van der Waals surface area contributed by atoms with Crippen molar-refractivity contribution in [3.05, 3.63) is 17.9 Å². The molecule has 3 amide bonds. The summed E-state index contributed by atoms with van der Waals surface area (Å²) in [4.78, 5) is 25.3. The van der Waals surface area contributed by atoms with Gasteiger partial charge >= 0.3 is 6.03 Å². The van der Waals surface area contributed by atoms with E-state index in [1.165, 1.54) is 33.3 Å². The predicted molar refractivity (Wildman–Crippen MR) is 78.9 cm³/mol. The molecule has 1 atom stereocenters. The summed E-state index contributed by atoms with van der Waals surface area (Å²) in [5, 5.41) is 2.30. The third-order valence-corrected chi connectivity index (χ3v) is 5.15. The summed E-state index contributed by atoms with van der Waals surface area (Å²) >= 11 is 0. The fourth-order valence-electron chi connectivity index (χ4n) is 2.19. The Balaban J connectivity index is 2.19. The number of urea groups is 1.